The molecule has 0 aliphatic carbocycles. The molecule has 4 nitrogen and oxygen atoms in total. The molecular formula is C11H22O4. The lowest BCUT2D eigenvalue weighted by Gasteiger charge is -2.20. The van der Waals surface area contributed by atoms with Crippen molar-refractivity contribution in [2.45, 2.75) is 51.7 Å². The van der Waals surface area contributed by atoms with Crippen molar-refractivity contribution >= 4 is 5.97 Å². The van der Waals surface area contributed by atoms with E-state index in [1.54, 1.807) is 7.11 Å². The van der Waals surface area contributed by atoms with Crippen molar-refractivity contribution in [2.75, 3.05) is 13.7 Å². The summed E-state index contributed by atoms with van der Waals surface area (Å²) < 4.78 is 9.93. The lowest BCUT2D eigenvalue weighted by Crippen LogP contribution is -2.26. The van der Waals surface area contributed by atoms with E-state index in [-0.39, 0.29) is 12.4 Å². The fourth-order valence-electron chi connectivity index (χ4n) is 1.14. The molecule has 0 amide bonds. The molecule has 0 unspecified atom stereocenters. The van der Waals surface area contributed by atoms with E-state index in [2.05, 4.69) is 0 Å². The van der Waals surface area contributed by atoms with Gasteiger partial charge in [0.25, 0.3) is 0 Å². The van der Waals surface area contributed by atoms with Gasteiger partial charge in [-0.1, -0.05) is 0 Å². The quantitative estimate of drug-likeness (QED) is 0.542. The summed E-state index contributed by atoms with van der Waals surface area (Å²) >= 11 is 0. The molecule has 0 radical (unpaired) electrons. The molecule has 0 aromatic rings. The largest absolute Gasteiger partial charge is 0.460 e. The SMILES string of the molecule is COCCC[C@@H](O)CC(=O)OC(C)(C)C. The summed E-state index contributed by atoms with van der Waals surface area (Å²) in [6.07, 6.45) is 0.740. The number of hydrogen-bond donors (Lipinski definition) is 1. The first kappa shape index (κ1) is 14.4. The van der Waals surface area contributed by atoms with Crippen molar-refractivity contribution in [2.24, 2.45) is 0 Å². The van der Waals surface area contributed by atoms with Crippen molar-refractivity contribution in [3.63, 3.8) is 0 Å². The monoisotopic (exact) mass is 218 g/mol. The third kappa shape index (κ3) is 9.69. The van der Waals surface area contributed by atoms with Gasteiger partial charge in [-0.15, -0.1) is 0 Å². The molecular weight excluding hydrogens is 196 g/mol. The van der Waals surface area contributed by atoms with Gasteiger partial charge in [0.05, 0.1) is 12.5 Å². The maximum Gasteiger partial charge on any atom is 0.308 e. The van der Waals surface area contributed by atoms with Gasteiger partial charge in [0.15, 0.2) is 0 Å². The molecule has 15 heavy (non-hydrogen) atoms. The van der Waals surface area contributed by atoms with Crippen molar-refractivity contribution in [1.29, 1.82) is 0 Å². The van der Waals surface area contributed by atoms with E-state index in [0.717, 1.165) is 6.42 Å². The summed E-state index contributed by atoms with van der Waals surface area (Å²) in [5, 5.41) is 9.49. The Hall–Kier alpha value is -0.610. The molecule has 0 aliphatic rings. The Kier molecular flexibility index (Phi) is 6.52. The second kappa shape index (κ2) is 6.80. The molecule has 0 aromatic carbocycles. The first-order chi connectivity index (χ1) is 6.85. The van der Waals surface area contributed by atoms with Crippen LogP contribution in [0.3, 0.4) is 0 Å². The zero-order valence-electron chi connectivity index (χ0n) is 10.1. The smallest absolute Gasteiger partial charge is 0.308 e. The number of hydrogen-bond acceptors (Lipinski definition) is 4. The maximum atomic E-state index is 11.3. The molecule has 0 fully saturated rings. The lowest BCUT2D eigenvalue weighted by atomic mass is 10.1. The zero-order chi connectivity index (χ0) is 11.9. The van der Waals surface area contributed by atoms with Crippen LogP contribution in [-0.2, 0) is 14.3 Å². The van der Waals surface area contributed by atoms with Crippen LogP contribution in [0.2, 0.25) is 0 Å². The second-order valence-corrected chi connectivity index (χ2v) is 4.58. The first-order valence-electron chi connectivity index (χ1n) is 5.24. The molecule has 1 atom stereocenters. The number of esters is 1. The highest BCUT2D eigenvalue weighted by atomic mass is 16.6. The molecule has 0 aliphatic heterocycles. The summed E-state index contributed by atoms with van der Waals surface area (Å²) in [5.41, 5.74) is -0.483. The summed E-state index contributed by atoms with van der Waals surface area (Å²) in [4.78, 5) is 11.3. The van der Waals surface area contributed by atoms with E-state index in [9.17, 15) is 9.90 Å². The highest BCUT2D eigenvalue weighted by Gasteiger charge is 2.18. The molecule has 0 saturated carbocycles. The van der Waals surface area contributed by atoms with Crippen molar-refractivity contribution in [3.05, 3.63) is 0 Å². The normalized spacial score (nSPS) is 13.7. The average molecular weight is 218 g/mol. The standard InChI is InChI=1S/C11H22O4/c1-11(2,3)15-10(13)8-9(12)6-5-7-14-4/h9,12H,5-8H2,1-4H3/t9-/m1/s1. The fourth-order valence-corrected chi connectivity index (χ4v) is 1.14. The van der Waals surface area contributed by atoms with Crippen LogP contribution in [0.5, 0.6) is 0 Å². The van der Waals surface area contributed by atoms with Crippen molar-refractivity contribution < 1.29 is 19.4 Å². The van der Waals surface area contributed by atoms with E-state index in [1.807, 2.05) is 20.8 Å². The predicted molar refractivity (Wildman–Crippen MR) is 57.6 cm³/mol. The minimum atomic E-state index is -0.630. The number of rotatable bonds is 6. The molecule has 4 heteroatoms. The van der Waals surface area contributed by atoms with Gasteiger partial charge in [0.2, 0.25) is 0 Å². The molecule has 90 valence electrons. The van der Waals surface area contributed by atoms with E-state index in [0.29, 0.717) is 13.0 Å². The van der Waals surface area contributed by atoms with Crippen LogP contribution in [0.4, 0.5) is 0 Å². The summed E-state index contributed by atoms with van der Waals surface area (Å²) in [7, 11) is 1.61. The number of aliphatic hydroxyl groups is 1. The van der Waals surface area contributed by atoms with Gasteiger partial charge < -0.3 is 14.6 Å². The van der Waals surface area contributed by atoms with Crippen LogP contribution in [0.15, 0.2) is 0 Å². The van der Waals surface area contributed by atoms with E-state index in [1.165, 1.54) is 0 Å². The van der Waals surface area contributed by atoms with E-state index >= 15 is 0 Å². The first-order valence-corrected chi connectivity index (χ1v) is 5.24. The van der Waals surface area contributed by atoms with Crippen LogP contribution in [0.1, 0.15) is 40.0 Å². The highest BCUT2D eigenvalue weighted by molar-refractivity contribution is 5.70. The number of methoxy groups -OCH3 is 1. The van der Waals surface area contributed by atoms with Crippen molar-refractivity contribution in [3.8, 4) is 0 Å². The highest BCUT2D eigenvalue weighted by Crippen LogP contribution is 2.10. The summed E-state index contributed by atoms with van der Waals surface area (Å²) in [5.74, 6) is -0.354. The molecule has 0 heterocycles. The summed E-state index contributed by atoms with van der Waals surface area (Å²) in [6.45, 7) is 6.03. The van der Waals surface area contributed by atoms with Gasteiger partial charge in [-0.25, -0.2) is 0 Å². The Morgan fingerprint density at radius 3 is 2.47 bits per heavy atom. The topological polar surface area (TPSA) is 55.8 Å². The Labute approximate surface area is 91.6 Å². The minimum absolute atomic E-state index is 0.0565. The van der Waals surface area contributed by atoms with Gasteiger partial charge in [0, 0.05) is 13.7 Å². The van der Waals surface area contributed by atoms with Crippen LogP contribution < -0.4 is 0 Å². The average Bonchev–Trinajstić information content (AvgIpc) is 2.00. The zero-order valence-corrected chi connectivity index (χ0v) is 10.1. The van der Waals surface area contributed by atoms with Crippen LogP contribution in [0.25, 0.3) is 0 Å². The van der Waals surface area contributed by atoms with Gasteiger partial charge in [0.1, 0.15) is 5.60 Å². The third-order valence-corrected chi connectivity index (χ3v) is 1.71. The number of aliphatic hydroxyl groups excluding tert-OH is 1. The molecule has 0 aromatic heterocycles. The predicted octanol–water partition coefficient (Wildman–Crippen LogP) is 1.51. The van der Waals surface area contributed by atoms with Gasteiger partial charge in [-0.3, -0.25) is 4.79 Å². The third-order valence-electron chi connectivity index (χ3n) is 1.71. The van der Waals surface area contributed by atoms with Crippen molar-refractivity contribution in [1.82, 2.24) is 0 Å². The van der Waals surface area contributed by atoms with E-state index < -0.39 is 11.7 Å². The molecule has 0 rings (SSSR count). The Balaban J connectivity index is 3.67. The fraction of sp³-hybridized carbons (Fsp3) is 0.909. The molecule has 1 N–H and O–H groups in total. The van der Waals surface area contributed by atoms with Crippen LogP contribution >= 0.6 is 0 Å². The van der Waals surface area contributed by atoms with Gasteiger partial charge in [-0.2, -0.15) is 0 Å². The maximum absolute atomic E-state index is 11.3. The minimum Gasteiger partial charge on any atom is -0.460 e. The van der Waals surface area contributed by atoms with Gasteiger partial charge >= 0.3 is 5.97 Å². The van der Waals surface area contributed by atoms with E-state index in [4.69, 9.17) is 9.47 Å². The second-order valence-electron chi connectivity index (χ2n) is 4.58. The van der Waals surface area contributed by atoms with Gasteiger partial charge in [-0.05, 0) is 33.6 Å². The van der Waals surface area contributed by atoms with Crippen LogP contribution in [0, 0.1) is 0 Å². The van der Waals surface area contributed by atoms with Crippen LogP contribution in [-0.4, -0.2) is 36.5 Å². The molecule has 0 bridgehead atoms. The molecule has 0 saturated heterocycles. The number of carbonyl (C=O) groups is 1. The number of carbonyl (C=O) groups excluding carboxylic acids is 1. The molecule has 0 spiro atoms. The Morgan fingerprint density at radius 1 is 1.40 bits per heavy atom. The Morgan fingerprint density at radius 2 is 2.00 bits per heavy atom. The number of ether oxygens (including phenoxy) is 2. The summed E-state index contributed by atoms with van der Waals surface area (Å²) in [6, 6.07) is 0. The Bertz CT molecular complexity index is 184. The lowest BCUT2D eigenvalue weighted by molar-refractivity contribution is -0.157.